The maximum Gasteiger partial charge on any atom is 0.432 e. The van der Waals surface area contributed by atoms with Crippen LogP contribution in [0.5, 0.6) is 0 Å². The molecule has 3 heterocycles. The monoisotopic (exact) mass is 451 g/mol. The number of aromatic nitrogens is 3. The van der Waals surface area contributed by atoms with Gasteiger partial charge in [-0.15, -0.1) is 11.3 Å². The van der Waals surface area contributed by atoms with Gasteiger partial charge in [-0.3, -0.25) is 9.89 Å². The highest BCUT2D eigenvalue weighted by Gasteiger charge is 2.33. The van der Waals surface area contributed by atoms with E-state index in [9.17, 15) is 18.0 Å². The second kappa shape index (κ2) is 8.19. The molecular formula is C19H20F3N7OS. The molecule has 0 radical (unpaired) electrons. The van der Waals surface area contributed by atoms with Gasteiger partial charge in [0.25, 0.3) is 5.91 Å². The van der Waals surface area contributed by atoms with Gasteiger partial charge in [-0.2, -0.15) is 18.3 Å². The molecule has 0 saturated carbocycles. The number of alkyl halides is 3. The van der Waals surface area contributed by atoms with Gasteiger partial charge in [0.15, 0.2) is 0 Å². The number of rotatable bonds is 4. The lowest BCUT2D eigenvalue weighted by atomic mass is 10.1. The minimum Gasteiger partial charge on any atom is -0.399 e. The summed E-state index contributed by atoms with van der Waals surface area (Å²) in [6, 6.07) is 6.14. The van der Waals surface area contributed by atoms with Crippen molar-refractivity contribution in [3.8, 4) is 10.7 Å². The van der Waals surface area contributed by atoms with Gasteiger partial charge in [0, 0.05) is 30.2 Å². The zero-order chi connectivity index (χ0) is 22.2. The topological polar surface area (TPSA) is 126 Å². The third-order valence-corrected chi connectivity index (χ3v) is 5.77. The Hall–Kier alpha value is -3.12. The fourth-order valence-corrected chi connectivity index (χ4v) is 4.18. The number of anilines is 3. The van der Waals surface area contributed by atoms with E-state index >= 15 is 0 Å². The van der Waals surface area contributed by atoms with Crippen molar-refractivity contribution in [3.05, 3.63) is 41.0 Å². The maximum absolute atomic E-state index is 12.8. The quantitative estimate of drug-likeness (QED) is 0.451. The predicted octanol–water partition coefficient (Wildman–Crippen LogP) is 3.31. The fraction of sp³-hybridized carbons (Fsp3) is 0.316. The molecule has 6 N–H and O–H groups in total. The molecule has 1 aliphatic rings. The number of halogens is 3. The Balaban J connectivity index is 1.54. The first-order chi connectivity index (χ1) is 14.7. The second-order valence-corrected chi connectivity index (χ2v) is 8.14. The molecule has 0 unspecified atom stereocenters. The summed E-state index contributed by atoms with van der Waals surface area (Å²) in [4.78, 5) is 19.0. The number of thiazole rings is 1. The van der Waals surface area contributed by atoms with E-state index in [-0.39, 0.29) is 22.4 Å². The SMILES string of the molecule is Nc1ccc(N2CCC[C@@H](N)C2)c(NC(=O)c2csc(-c3cc(C(F)(F)F)[nH]n3)n2)c1. The molecule has 0 aliphatic carbocycles. The lowest BCUT2D eigenvalue weighted by Gasteiger charge is -2.34. The molecule has 164 valence electrons. The Kier molecular flexibility index (Phi) is 5.58. The van der Waals surface area contributed by atoms with Gasteiger partial charge < -0.3 is 21.7 Å². The third-order valence-electron chi connectivity index (χ3n) is 4.91. The minimum atomic E-state index is -4.54. The lowest BCUT2D eigenvalue weighted by Crippen LogP contribution is -2.43. The van der Waals surface area contributed by atoms with Crippen molar-refractivity contribution in [2.45, 2.75) is 25.1 Å². The molecule has 1 aromatic carbocycles. The first-order valence-electron chi connectivity index (χ1n) is 9.50. The molecule has 12 heteroatoms. The number of nitrogen functional groups attached to an aromatic ring is 1. The van der Waals surface area contributed by atoms with Gasteiger partial charge in [-0.25, -0.2) is 4.98 Å². The van der Waals surface area contributed by atoms with Crippen molar-refractivity contribution >= 4 is 34.3 Å². The molecule has 1 aliphatic heterocycles. The molecule has 4 rings (SSSR count). The van der Waals surface area contributed by atoms with Crippen molar-refractivity contribution in [1.82, 2.24) is 15.2 Å². The normalized spacial score (nSPS) is 17.0. The third kappa shape index (κ3) is 4.64. The number of carbonyl (C=O) groups excluding carboxylic acids is 1. The van der Waals surface area contributed by atoms with E-state index in [1.54, 1.807) is 12.1 Å². The average Bonchev–Trinajstić information content (AvgIpc) is 3.37. The standard InChI is InChI=1S/C19H20F3N7OS/c20-19(21,22)16-7-13(27-28-16)18-26-14(9-31-18)17(30)25-12-6-10(23)3-4-15(12)29-5-1-2-11(24)8-29/h3-4,6-7,9,11H,1-2,5,8,23-24H2,(H,25,30)(H,27,28)/t11-/m1/s1. The largest absolute Gasteiger partial charge is 0.432 e. The first-order valence-corrected chi connectivity index (χ1v) is 10.4. The summed E-state index contributed by atoms with van der Waals surface area (Å²) in [5, 5.41) is 10.1. The molecule has 0 spiro atoms. The molecule has 3 aromatic rings. The summed E-state index contributed by atoms with van der Waals surface area (Å²) in [6.07, 6.45) is -2.65. The van der Waals surface area contributed by atoms with Crippen LogP contribution >= 0.6 is 11.3 Å². The highest BCUT2D eigenvalue weighted by molar-refractivity contribution is 7.13. The number of benzene rings is 1. The summed E-state index contributed by atoms with van der Waals surface area (Å²) in [5.74, 6) is -0.498. The molecule has 1 saturated heterocycles. The van der Waals surface area contributed by atoms with E-state index in [2.05, 4.69) is 20.3 Å². The summed E-state index contributed by atoms with van der Waals surface area (Å²) >= 11 is 1.03. The molecule has 1 atom stereocenters. The Bertz CT molecular complexity index is 1090. The van der Waals surface area contributed by atoms with Crippen LogP contribution in [0.1, 0.15) is 29.0 Å². The van der Waals surface area contributed by atoms with Crippen LogP contribution in [0.25, 0.3) is 10.7 Å². The number of piperidine rings is 1. The molecule has 1 amide bonds. The van der Waals surface area contributed by atoms with E-state index in [1.165, 1.54) is 5.38 Å². The zero-order valence-electron chi connectivity index (χ0n) is 16.2. The Morgan fingerprint density at radius 3 is 2.84 bits per heavy atom. The van der Waals surface area contributed by atoms with Crippen molar-refractivity contribution in [2.24, 2.45) is 5.73 Å². The number of carbonyl (C=O) groups is 1. The highest BCUT2D eigenvalue weighted by atomic mass is 32.1. The maximum atomic E-state index is 12.8. The zero-order valence-corrected chi connectivity index (χ0v) is 17.1. The number of hydrogen-bond donors (Lipinski definition) is 4. The van der Waals surface area contributed by atoms with Crippen molar-refractivity contribution in [1.29, 1.82) is 0 Å². The average molecular weight is 451 g/mol. The number of amides is 1. The summed E-state index contributed by atoms with van der Waals surface area (Å²) in [7, 11) is 0. The van der Waals surface area contributed by atoms with Crippen LogP contribution in [0.15, 0.2) is 29.6 Å². The minimum absolute atomic E-state index is 0.0170. The number of nitrogens with one attached hydrogen (secondary N) is 2. The summed E-state index contributed by atoms with van der Waals surface area (Å²) < 4.78 is 38.3. The van der Waals surface area contributed by atoms with Crippen LogP contribution in [0, 0.1) is 0 Å². The van der Waals surface area contributed by atoms with Crippen LogP contribution in [-0.4, -0.2) is 40.2 Å². The smallest absolute Gasteiger partial charge is 0.399 e. The fourth-order valence-electron chi connectivity index (χ4n) is 3.42. The molecule has 31 heavy (non-hydrogen) atoms. The number of H-pyrrole nitrogens is 1. The Morgan fingerprint density at radius 1 is 1.32 bits per heavy atom. The van der Waals surface area contributed by atoms with Gasteiger partial charge >= 0.3 is 6.18 Å². The molecule has 2 aromatic heterocycles. The van der Waals surface area contributed by atoms with Gasteiger partial charge in [0.1, 0.15) is 22.1 Å². The van der Waals surface area contributed by atoms with Crippen molar-refractivity contribution in [2.75, 3.05) is 29.0 Å². The number of nitrogens with two attached hydrogens (primary N) is 2. The van der Waals surface area contributed by atoms with Crippen LogP contribution < -0.4 is 21.7 Å². The molecule has 0 bridgehead atoms. The van der Waals surface area contributed by atoms with E-state index in [0.717, 1.165) is 42.5 Å². The summed E-state index contributed by atoms with van der Waals surface area (Å²) in [6.45, 7) is 1.47. The van der Waals surface area contributed by atoms with E-state index in [0.29, 0.717) is 17.9 Å². The van der Waals surface area contributed by atoms with Crippen molar-refractivity contribution in [3.63, 3.8) is 0 Å². The molecule has 8 nitrogen and oxygen atoms in total. The highest BCUT2D eigenvalue weighted by Crippen LogP contribution is 2.33. The first kappa shape index (κ1) is 21.1. The van der Waals surface area contributed by atoms with Gasteiger partial charge in [0.2, 0.25) is 0 Å². The van der Waals surface area contributed by atoms with Crippen LogP contribution in [-0.2, 0) is 6.18 Å². The molecule has 1 fully saturated rings. The Labute approximate surface area is 179 Å². The van der Waals surface area contributed by atoms with Gasteiger partial charge in [-0.05, 0) is 37.1 Å². The van der Waals surface area contributed by atoms with Crippen LogP contribution in [0.4, 0.5) is 30.2 Å². The van der Waals surface area contributed by atoms with E-state index in [1.807, 2.05) is 11.2 Å². The van der Waals surface area contributed by atoms with Gasteiger partial charge in [0.05, 0.1) is 11.4 Å². The number of nitrogens with zero attached hydrogens (tertiary/aromatic N) is 3. The molecular weight excluding hydrogens is 431 g/mol. The van der Waals surface area contributed by atoms with E-state index in [4.69, 9.17) is 11.5 Å². The van der Waals surface area contributed by atoms with Crippen LogP contribution in [0.3, 0.4) is 0 Å². The van der Waals surface area contributed by atoms with Crippen molar-refractivity contribution < 1.29 is 18.0 Å². The predicted molar refractivity (Wildman–Crippen MR) is 113 cm³/mol. The second-order valence-electron chi connectivity index (χ2n) is 7.28. The summed E-state index contributed by atoms with van der Waals surface area (Å²) in [5.41, 5.74) is 12.9. The van der Waals surface area contributed by atoms with Crippen LogP contribution in [0.2, 0.25) is 0 Å². The van der Waals surface area contributed by atoms with Gasteiger partial charge in [-0.1, -0.05) is 0 Å². The number of hydrogen-bond acceptors (Lipinski definition) is 7. The van der Waals surface area contributed by atoms with E-state index < -0.39 is 17.8 Å². The number of aromatic amines is 1. The Morgan fingerprint density at radius 2 is 2.13 bits per heavy atom. The lowest BCUT2D eigenvalue weighted by molar-refractivity contribution is -0.141.